The molecule has 134 valence electrons. The Morgan fingerprint density at radius 3 is 2.60 bits per heavy atom. The van der Waals surface area contributed by atoms with Crippen LogP contribution in [0.2, 0.25) is 0 Å². The molecule has 0 aromatic heterocycles. The van der Waals surface area contributed by atoms with E-state index < -0.39 is 35.7 Å². The average molecular weight is 349 g/mol. The number of imide groups is 1. The van der Waals surface area contributed by atoms with Crippen molar-refractivity contribution in [1.29, 1.82) is 0 Å². The quantitative estimate of drug-likeness (QED) is 0.775. The number of benzene rings is 1. The second-order valence-electron chi connectivity index (χ2n) is 6.91. The Kier molecular flexibility index (Phi) is 3.85. The molecule has 1 saturated heterocycles. The van der Waals surface area contributed by atoms with E-state index >= 15 is 0 Å². The fraction of sp³-hybridized carbons (Fsp3) is 0.471. The Bertz CT molecular complexity index is 765. The van der Waals surface area contributed by atoms with Crippen LogP contribution in [0.25, 0.3) is 0 Å². The van der Waals surface area contributed by atoms with Crippen molar-refractivity contribution in [1.82, 2.24) is 4.90 Å². The van der Waals surface area contributed by atoms with Crippen LogP contribution < -0.4 is 4.74 Å². The Morgan fingerprint density at radius 1 is 1.32 bits per heavy atom. The molecule has 2 aliphatic heterocycles. The number of ether oxygens (including phenoxy) is 3. The minimum absolute atomic E-state index is 0.0278. The first-order valence-electron chi connectivity index (χ1n) is 7.80. The number of methoxy groups -OCH3 is 1. The number of amides is 2. The second-order valence-corrected chi connectivity index (χ2v) is 6.91. The third kappa shape index (κ3) is 2.77. The molecule has 0 saturated carbocycles. The Labute approximate surface area is 144 Å². The van der Waals surface area contributed by atoms with Crippen LogP contribution in [0.4, 0.5) is 4.79 Å². The molecule has 3 rings (SSSR count). The zero-order valence-corrected chi connectivity index (χ0v) is 14.4. The molecule has 0 unspecified atom stereocenters. The summed E-state index contributed by atoms with van der Waals surface area (Å²) < 4.78 is 15.7. The van der Waals surface area contributed by atoms with E-state index in [1.54, 1.807) is 20.8 Å². The summed E-state index contributed by atoms with van der Waals surface area (Å²) in [4.78, 5) is 37.9. The van der Waals surface area contributed by atoms with Gasteiger partial charge in [-0.25, -0.2) is 14.5 Å². The van der Waals surface area contributed by atoms with Gasteiger partial charge >= 0.3 is 12.1 Å². The van der Waals surface area contributed by atoms with Crippen molar-refractivity contribution in [2.24, 2.45) is 0 Å². The topological polar surface area (TPSA) is 102 Å². The molecule has 1 fully saturated rings. The van der Waals surface area contributed by atoms with Crippen molar-refractivity contribution in [3.05, 3.63) is 23.3 Å². The Hall–Kier alpha value is -2.77. The summed E-state index contributed by atoms with van der Waals surface area (Å²) in [5, 5.41) is 10.1. The van der Waals surface area contributed by atoms with Gasteiger partial charge in [0.1, 0.15) is 34.8 Å². The van der Waals surface area contributed by atoms with Crippen molar-refractivity contribution in [2.75, 3.05) is 7.11 Å². The van der Waals surface area contributed by atoms with Gasteiger partial charge in [0.15, 0.2) is 0 Å². The molecule has 25 heavy (non-hydrogen) atoms. The number of carbonyl (C=O) groups is 3. The molecule has 2 atom stereocenters. The number of hydrogen-bond donors (Lipinski definition) is 1. The van der Waals surface area contributed by atoms with Gasteiger partial charge in [-0.1, -0.05) is 0 Å². The van der Waals surface area contributed by atoms with Gasteiger partial charge in [-0.3, -0.25) is 4.79 Å². The van der Waals surface area contributed by atoms with Crippen LogP contribution in [0.5, 0.6) is 11.5 Å². The number of hydrogen-bond acceptors (Lipinski definition) is 7. The monoisotopic (exact) mass is 349 g/mol. The molecule has 0 bridgehead atoms. The first kappa shape index (κ1) is 17.1. The maximum absolute atomic E-state index is 12.5. The molecule has 2 amide bonds. The highest BCUT2D eigenvalue weighted by atomic mass is 16.6. The molecular formula is C17H19NO7. The van der Waals surface area contributed by atoms with Crippen LogP contribution in [0.3, 0.4) is 0 Å². The van der Waals surface area contributed by atoms with Gasteiger partial charge in [0.25, 0.3) is 0 Å². The van der Waals surface area contributed by atoms with Crippen LogP contribution in [-0.4, -0.2) is 46.8 Å². The Morgan fingerprint density at radius 2 is 2.00 bits per heavy atom. The van der Waals surface area contributed by atoms with Gasteiger partial charge in [-0.15, -0.1) is 0 Å². The number of nitrogens with zero attached hydrogens (tertiary/aromatic N) is 1. The maximum Gasteiger partial charge on any atom is 0.417 e. The lowest BCUT2D eigenvalue weighted by Gasteiger charge is -2.27. The zero-order valence-electron chi connectivity index (χ0n) is 14.4. The van der Waals surface area contributed by atoms with Gasteiger partial charge in [0.2, 0.25) is 5.91 Å². The van der Waals surface area contributed by atoms with Crippen molar-refractivity contribution in [2.45, 2.75) is 44.9 Å². The van der Waals surface area contributed by atoms with Gasteiger partial charge in [-0.05, 0) is 32.9 Å². The number of phenols is 1. The summed E-state index contributed by atoms with van der Waals surface area (Å²) >= 11 is 0. The summed E-state index contributed by atoms with van der Waals surface area (Å²) in [5.74, 6) is -1.22. The summed E-state index contributed by atoms with van der Waals surface area (Å²) in [5.41, 5.74) is -0.647. The highest BCUT2D eigenvalue weighted by molar-refractivity contribution is 5.99. The normalized spacial score (nSPS) is 21.4. The predicted molar refractivity (Wildman–Crippen MR) is 84.3 cm³/mol. The molecule has 1 aromatic rings. The number of rotatable bonds is 1. The van der Waals surface area contributed by atoms with Crippen molar-refractivity contribution in [3.63, 3.8) is 0 Å². The molecule has 2 aliphatic rings. The van der Waals surface area contributed by atoms with Gasteiger partial charge < -0.3 is 19.3 Å². The van der Waals surface area contributed by atoms with Gasteiger partial charge in [0, 0.05) is 5.56 Å². The zero-order chi connectivity index (χ0) is 18.5. The second kappa shape index (κ2) is 5.65. The van der Waals surface area contributed by atoms with Crippen LogP contribution in [0, 0.1) is 0 Å². The first-order valence-corrected chi connectivity index (χ1v) is 7.80. The minimum Gasteiger partial charge on any atom is -0.507 e. The lowest BCUT2D eigenvalue weighted by atomic mass is 9.97. The van der Waals surface area contributed by atoms with Gasteiger partial charge in [0.05, 0.1) is 13.5 Å². The molecule has 8 nitrogen and oxygen atoms in total. The number of phenolic OH excluding ortho intramolecular Hbond substituents is 1. The summed E-state index contributed by atoms with van der Waals surface area (Å²) in [6.07, 6.45) is -1.49. The third-order valence-corrected chi connectivity index (χ3v) is 4.01. The van der Waals surface area contributed by atoms with E-state index in [4.69, 9.17) is 14.2 Å². The molecule has 8 heteroatoms. The van der Waals surface area contributed by atoms with E-state index in [2.05, 4.69) is 0 Å². The summed E-state index contributed by atoms with van der Waals surface area (Å²) in [6.45, 7) is 5.06. The fourth-order valence-electron chi connectivity index (χ4n) is 3.12. The molecule has 2 heterocycles. The standard InChI is InChI=1S/C17H19NO7/c1-17(2,3)25-16(22)18-11(20)7-10-14(18)13-9(24-10)6-5-8(19)12(13)15(21)23-4/h5-6,10,14,19H,7H2,1-4H3/t10-,14+/m0/s1. The average Bonchev–Trinajstić information content (AvgIpc) is 2.99. The largest absolute Gasteiger partial charge is 0.507 e. The summed E-state index contributed by atoms with van der Waals surface area (Å²) in [7, 11) is 1.18. The first-order chi connectivity index (χ1) is 11.6. The van der Waals surface area contributed by atoms with Crippen LogP contribution >= 0.6 is 0 Å². The lowest BCUT2D eigenvalue weighted by molar-refractivity contribution is -0.128. The molecule has 1 aromatic carbocycles. The van der Waals surface area contributed by atoms with Crippen LogP contribution in [0.15, 0.2) is 12.1 Å². The van der Waals surface area contributed by atoms with Crippen molar-refractivity contribution >= 4 is 18.0 Å². The smallest absolute Gasteiger partial charge is 0.417 e. The van der Waals surface area contributed by atoms with E-state index in [1.807, 2.05) is 0 Å². The van der Waals surface area contributed by atoms with E-state index in [1.165, 1.54) is 19.2 Å². The molecular weight excluding hydrogens is 330 g/mol. The molecule has 0 aliphatic carbocycles. The van der Waals surface area contributed by atoms with Crippen LogP contribution in [0.1, 0.15) is 49.2 Å². The highest BCUT2D eigenvalue weighted by Gasteiger charge is 2.53. The minimum atomic E-state index is -0.849. The third-order valence-electron chi connectivity index (χ3n) is 4.01. The number of aromatic hydroxyl groups is 1. The number of fused-ring (bicyclic) bond motifs is 3. The van der Waals surface area contributed by atoms with Crippen molar-refractivity contribution in [3.8, 4) is 11.5 Å². The van der Waals surface area contributed by atoms with E-state index in [0.29, 0.717) is 5.75 Å². The number of likely N-dealkylation sites (tertiary alicyclic amines) is 1. The molecule has 1 N–H and O–H groups in total. The SMILES string of the molecule is COC(=O)c1c(O)ccc2c1[C@H]1[C@H](CC(=O)N1C(=O)OC(C)(C)C)O2. The van der Waals surface area contributed by atoms with Crippen molar-refractivity contribution < 1.29 is 33.7 Å². The van der Waals surface area contributed by atoms with E-state index in [-0.39, 0.29) is 23.3 Å². The van der Waals surface area contributed by atoms with E-state index in [9.17, 15) is 19.5 Å². The number of carbonyl (C=O) groups excluding carboxylic acids is 3. The van der Waals surface area contributed by atoms with Crippen LogP contribution in [-0.2, 0) is 14.3 Å². The fourth-order valence-corrected chi connectivity index (χ4v) is 3.12. The van der Waals surface area contributed by atoms with E-state index in [0.717, 1.165) is 4.90 Å². The Balaban J connectivity index is 2.08. The maximum atomic E-state index is 12.5. The number of esters is 1. The molecule has 0 spiro atoms. The lowest BCUT2D eigenvalue weighted by Crippen LogP contribution is -2.39. The summed E-state index contributed by atoms with van der Waals surface area (Å²) in [6, 6.07) is 1.96. The molecule has 0 radical (unpaired) electrons. The highest BCUT2D eigenvalue weighted by Crippen LogP contribution is 2.49. The predicted octanol–water partition coefficient (Wildman–Crippen LogP) is 2.15. The van der Waals surface area contributed by atoms with Gasteiger partial charge in [-0.2, -0.15) is 0 Å².